The van der Waals surface area contributed by atoms with Crippen LogP contribution in [0.25, 0.3) is 0 Å². The molecule has 36 heavy (non-hydrogen) atoms. The van der Waals surface area contributed by atoms with Gasteiger partial charge in [0.1, 0.15) is 12.2 Å². The van der Waals surface area contributed by atoms with Gasteiger partial charge in [0.25, 0.3) is 0 Å². The molecule has 2 aliphatic heterocycles. The number of carbonyl (C=O) groups is 3. The van der Waals surface area contributed by atoms with Crippen molar-refractivity contribution in [2.45, 2.75) is 76.3 Å². The van der Waals surface area contributed by atoms with E-state index in [-0.39, 0.29) is 30.2 Å². The maximum Gasteiger partial charge on any atom is 0.330 e. The number of rotatable bonds is 10. The fourth-order valence-electron chi connectivity index (χ4n) is 5.34. The zero-order valence-electron chi connectivity index (χ0n) is 20.3. The fourth-order valence-corrected chi connectivity index (χ4v) is 5.34. The monoisotopic (exact) mass is 507 g/mol. The summed E-state index contributed by atoms with van der Waals surface area (Å²) in [6.07, 6.45) is 6.86. The third-order valence-electron chi connectivity index (χ3n) is 7.16. The zero-order valence-corrected chi connectivity index (χ0v) is 20.3. The number of likely N-dealkylation sites (tertiary alicyclic amines) is 1. The lowest BCUT2D eigenvalue weighted by molar-refractivity contribution is -0.654. The predicted molar refractivity (Wildman–Crippen MR) is 124 cm³/mol. The molecule has 0 bridgehead atoms. The third-order valence-corrected chi connectivity index (χ3v) is 7.16. The summed E-state index contributed by atoms with van der Waals surface area (Å²) in [7, 11) is 0. The van der Waals surface area contributed by atoms with Crippen molar-refractivity contribution in [3.63, 3.8) is 0 Å². The van der Waals surface area contributed by atoms with Crippen molar-refractivity contribution in [3.8, 4) is 0 Å². The van der Waals surface area contributed by atoms with Crippen LogP contribution in [0.1, 0.15) is 57.8 Å². The maximum atomic E-state index is 14.5. The molecule has 1 aromatic rings. The van der Waals surface area contributed by atoms with Crippen LogP contribution >= 0.6 is 0 Å². The SMILES string of the molecule is O=CN(C[C@@H](CC1CCCC1)C(=O)N1C[C@H](F)C[C@H]1C(=O)Nc1cccn[n+]1[O-])OC1CCCCO1. The Balaban J connectivity index is 1.47. The minimum absolute atomic E-state index is 0.0103. The van der Waals surface area contributed by atoms with Crippen molar-refractivity contribution in [2.24, 2.45) is 11.8 Å². The normalized spacial score (nSPS) is 25.5. The van der Waals surface area contributed by atoms with Gasteiger partial charge in [-0.1, -0.05) is 30.8 Å². The molecule has 0 spiro atoms. The highest BCUT2D eigenvalue weighted by atomic mass is 19.1. The van der Waals surface area contributed by atoms with Gasteiger partial charge in [0.2, 0.25) is 12.3 Å². The molecule has 0 radical (unpaired) electrons. The number of nitrogens with one attached hydrogen (secondary N) is 1. The Labute approximate surface area is 209 Å². The second-order valence-corrected chi connectivity index (χ2v) is 9.80. The lowest BCUT2D eigenvalue weighted by atomic mass is 9.91. The van der Waals surface area contributed by atoms with Crippen LogP contribution in [0, 0.1) is 17.0 Å². The lowest BCUT2D eigenvalue weighted by Crippen LogP contribution is -2.49. The molecule has 3 amide bonds. The molecule has 1 unspecified atom stereocenters. The smallest absolute Gasteiger partial charge is 0.330 e. The van der Waals surface area contributed by atoms with E-state index in [1.165, 1.54) is 23.2 Å². The van der Waals surface area contributed by atoms with Crippen LogP contribution in [0.2, 0.25) is 0 Å². The Morgan fingerprint density at radius 1 is 1.33 bits per heavy atom. The number of ether oxygens (including phenoxy) is 1. The summed E-state index contributed by atoms with van der Waals surface area (Å²) in [5.74, 6) is -1.51. The second kappa shape index (κ2) is 12.4. The first kappa shape index (κ1) is 26.2. The van der Waals surface area contributed by atoms with Gasteiger partial charge < -0.3 is 14.8 Å². The summed E-state index contributed by atoms with van der Waals surface area (Å²) in [5.41, 5.74) is 0. The molecular formula is C24H34FN5O6. The van der Waals surface area contributed by atoms with Crippen LogP contribution in [-0.4, -0.2) is 71.5 Å². The summed E-state index contributed by atoms with van der Waals surface area (Å²) >= 11 is 0. The van der Waals surface area contributed by atoms with Crippen LogP contribution in [0.15, 0.2) is 18.3 Å². The highest BCUT2D eigenvalue weighted by Crippen LogP contribution is 2.33. The fraction of sp³-hybridized carbons (Fsp3) is 0.708. The quantitative estimate of drug-likeness (QED) is 0.221. The molecule has 4 atom stereocenters. The Hall–Kier alpha value is -2.86. The highest BCUT2D eigenvalue weighted by molar-refractivity contribution is 5.97. The van der Waals surface area contributed by atoms with Crippen molar-refractivity contribution >= 4 is 24.0 Å². The number of carbonyl (C=O) groups excluding carboxylic acids is 3. The number of anilines is 1. The Kier molecular flexibility index (Phi) is 9.03. The first-order chi connectivity index (χ1) is 17.4. The molecule has 1 saturated carbocycles. The average Bonchev–Trinajstić information content (AvgIpc) is 3.54. The van der Waals surface area contributed by atoms with E-state index in [0.717, 1.165) is 43.6 Å². The number of aromatic nitrogens is 2. The maximum absolute atomic E-state index is 14.5. The molecule has 1 N–H and O–H groups in total. The van der Waals surface area contributed by atoms with Gasteiger partial charge >= 0.3 is 11.7 Å². The number of halogens is 1. The van der Waals surface area contributed by atoms with Gasteiger partial charge in [-0.3, -0.25) is 9.59 Å². The summed E-state index contributed by atoms with van der Waals surface area (Å²) in [6, 6.07) is 1.79. The largest absolute Gasteiger partial charge is 0.691 e. The Bertz CT molecular complexity index is 911. The van der Waals surface area contributed by atoms with Gasteiger partial charge in [-0.15, -0.1) is 4.85 Å². The summed E-state index contributed by atoms with van der Waals surface area (Å²) < 4.78 is 20.1. The molecule has 3 aliphatic rings. The standard InChI is InChI=1S/C24H34FN5O6/c25-19-13-20(23(32)27-21-8-5-10-26-30(21)34)29(15-19)24(33)18(12-17-6-1-2-7-17)14-28(16-31)36-22-9-3-4-11-35-22/h5,8,10,16-20,22H,1-4,6-7,9,11-15H2,(H,27,32)/t18-,19-,20+,22?/m1/s1. The van der Waals surface area contributed by atoms with Crippen LogP contribution in [0.4, 0.5) is 10.2 Å². The van der Waals surface area contributed by atoms with Crippen molar-refractivity contribution in [1.82, 2.24) is 15.1 Å². The van der Waals surface area contributed by atoms with Crippen molar-refractivity contribution < 1.29 is 33.2 Å². The van der Waals surface area contributed by atoms with E-state index >= 15 is 0 Å². The minimum atomic E-state index is -1.38. The molecule has 11 nitrogen and oxygen atoms in total. The van der Waals surface area contributed by atoms with E-state index in [1.807, 2.05) is 0 Å². The number of hydrogen-bond donors (Lipinski definition) is 1. The zero-order chi connectivity index (χ0) is 25.5. The number of nitrogens with zero attached hydrogens (tertiary/aromatic N) is 4. The molecule has 0 aromatic carbocycles. The molecule has 3 fully saturated rings. The van der Waals surface area contributed by atoms with E-state index in [1.54, 1.807) is 0 Å². The topological polar surface area (TPSA) is 128 Å². The number of hydrogen-bond acceptors (Lipinski definition) is 7. The number of alkyl halides is 1. The van der Waals surface area contributed by atoms with Crippen molar-refractivity contribution in [1.29, 1.82) is 0 Å². The molecule has 1 aliphatic carbocycles. The van der Waals surface area contributed by atoms with E-state index in [4.69, 9.17) is 9.57 Å². The van der Waals surface area contributed by atoms with Gasteiger partial charge in [0, 0.05) is 25.5 Å². The van der Waals surface area contributed by atoms with E-state index in [2.05, 4.69) is 10.4 Å². The van der Waals surface area contributed by atoms with Gasteiger partial charge in [-0.05, 0) is 31.2 Å². The van der Waals surface area contributed by atoms with E-state index < -0.39 is 36.2 Å². The average molecular weight is 508 g/mol. The highest BCUT2D eigenvalue weighted by Gasteiger charge is 2.44. The summed E-state index contributed by atoms with van der Waals surface area (Å²) in [5, 5.41) is 18.9. The van der Waals surface area contributed by atoms with Crippen molar-refractivity contribution in [2.75, 3.05) is 25.0 Å². The first-order valence-electron chi connectivity index (χ1n) is 12.7. The van der Waals surface area contributed by atoms with Gasteiger partial charge in [-0.25, -0.2) is 24.4 Å². The lowest BCUT2D eigenvalue weighted by Gasteiger charge is -2.32. The van der Waals surface area contributed by atoms with Gasteiger partial charge in [-0.2, -0.15) is 0 Å². The van der Waals surface area contributed by atoms with Gasteiger partial charge in [0.15, 0.2) is 6.29 Å². The predicted octanol–water partition coefficient (Wildman–Crippen LogP) is 1.71. The van der Waals surface area contributed by atoms with Crippen molar-refractivity contribution in [3.05, 3.63) is 23.5 Å². The third kappa shape index (κ3) is 6.67. The molecule has 3 heterocycles. The number of amides is 3. The Morgan fingerprint density at radius 2 is 2.11 bits per heavy atom. The van der Waals surface area contributed by atoms with Crippen LogP contribution in [-0.2, 0) is 24.0 Å². The number of hydroxylamine groups is 2. The van der Waals surface area contributed by atoms with Crippen LogP contribution in [0.3, 0.4) is 0 Å². The summed E-state index contributed by atoms with van der Waals surface area (Å²) in [6.45, 7) is 0.310. The molecular weight excluding hydrogens is 473 g/mol. The Morgan fingerprint density at radius 3 is 2.81 bits per heavy atom. The minimum Gasteiger partial charge on any atom is -0.691 e. The van der Waals surface area contributed by atoms with E-state index in [9.17, 15) is 24.0 Å². The summed E-state index contributed by atoms with van der Waals surface area (Å²) in [4.78, 5) is 45.7. The molecule has 198 valence electrons. The van der Waals surface area contributed by atoms with Gasteiger partial charge in [0.05, 0.1) is 25.2 Å². The molecule has 1 aromatic heterocycles. The van der Waals surface area contributed by atoms with E-state index in [0.29, 0.717) is 31.8 Å². The molecule has 12 heteroatoms. The van der Waals surface area contributed by atoms with Crippen LogP contribution < -0.4 is 10.2 Å². The van der Waals surface area contributed by atoms with Crippen LogP contribution in [0.5, 0.6) is 0 Å². The molecule has 4 rings (SSSR count). The first-order valence-corrected chi connectivity index (χ1v) is 12.7. The second-order valence-electron chi connectivity index (χ2n) is 9.80. The molecule has 2 saturated heterocycles.